The zero-order valence-electron chi connectivity index (χ0n) is 13.2. The smallest absolute Gasteiger partial charge is 0.227 e. The van der Waals surface area contributed by atoms with E-state index in [4.69, 9.17) is 0 Å². The number of likely N-dealkylation sites (tertiary alicyclic amines) is 1. The molecule has 1 N–H and O–H groups in total. The number of nitrogens with zero attached hydrogens (tertiary/aromatic N) is 1. The van der Waals surface area contributed by atoms with Gasteiger partial charge in [0.15, 0.2) is 0 Å². The zero-order chi connectivity index (χ0) is 14.9. The number of para-hydroxylation sites is 1. The monoisotopic (exact) mass is 286 g/mol. The van der Waals surface area contributed by atoms with E-state index in [0.29, 0.717) is 11.3 Å². The van der Waals surface area contributed by atoms with Crippen molar-refractivity contribution < 1.29 is 4.79 Å². The SMILES string of the molecule is CCC1(CC)CCN(C(=O)C2CNc3ccccc3C2)C1. The first kappa shape index (κ1) is 14.4. The lowest BCUT2D eigenvalue weighted by atomic mass is 9.82. The highest BCUT2D eigenvalue weighted by Crippen LogP contribution is 2.38. The van der Waals surface area contributed by atoms with Crippen molar-refractivity contribution in [1.82, 2.24) is 4.90 Å². The third kappa shape index (κ3) is 2.66. The second-order valence-corrected chi connectivity index (χ2v) is 6.66. The standard InChI is InChI=1S/C18H26N2O/c1-3-18(4-2)9-10-20(13-18)17(21)15-11-14-7-5-6-8-16(14)19-12-15/h5-8,15,19H,3-4,9-13H2,1-2H3. The van der Waals surface area contributed by atoms with Gasteiger partial charge < -0.3 is 10.2 Å². The second-order valence-electron chi connectivity index (χ2n) is 6.66. The molecule has 1 aromatic rings. The van der Waals surface area contributed by atoms with Crippen molar-refractivity contribution in [3.05, 3.63) is 29.8 Å². The Bertz CT molecular complexity index is 522. The summed E-state index contributed by atoms with van der Waals surface area (Å²) in [5.74, 6) is 0.449. The Hall–Kier alpha value is -1.51. The minimum absolute atomic E-state index is 0.101. The molecule has 3 nitrogen and oxygen atoms in total. The Morgan fingerprint density at radius 1 is 1.33 bits per heavy atom. The molecule has 0 radical (unpaired) electrons. The number of rotatable bonds is 3. The predicted molar refractivity (Wildman–Crippen MR) is 86.3 cm³/mol. The van der Waals surface area contributed by atoms with Crippen LogP contribution >= 0.6 is 0 Å². The number of carbonyl (C=O) groups is 1. The summed E-state index contributed by atoms with van der Waals surface area (Å²) >= 11 is 0. The fraction of sp³-hybridized carbons (Fsp3) is 0.611. The third-order valence-corrected chi connectivity index (χ3v) is 5.62. The number of hydrogen-bond donors (Lipinski definition) is 1. The molecule has 0 spiro atoms. The van der Waals surface area contributed by atoms with Gasteiger partial charge in [-0.15, -0.1) is 0 Å². The second kappa shape index (κ2) is 5.70. The number of benzene rings is 1. The first-order valence-electron chi connectivity index (χ1n) is 8.28. The van der Waals surface area contributed by atoms with Crippen molar-refractivity contribution in [2.75, 3.05) is 25.0 Å². The highest BCUT2D eigenvalue weighted by atomic mass is 16.2. The Morgan fingerprint density at radius 3 is 2.81 bits per heavy atom. The summed E-state index contributed by atoms with van der Waals surface area (Å²) in [6.45, 7) is 7.19. The minimum atomic E-state index is 0.101. The van der Waals surface area contributed by atoms with Crippen molar-refractivity contribution >= 4 is 11.6 Å². The van der Waals surface area contributed by atoms with E-state index in [-0.39, 0.29) is 5.92 Å². The zero-order valence-corrected chi connectivity index (χ0v) is 13.2. The first-order valence-corrected chi connectivity index (χ1v) is 8.28. The molecule has 1 saturated heterocycles. The Morgan fingerprint density at radius 2 is 2.10 bits per heavy atom. The molecule has 2 heterocycles. The summed E-state index contributed by atoms with van der Waals surface area (Å²) < 4.78 is 0. The molecular weight excluding hydrogens is 260 g/mol. The van der Waals surface area contributed by atoms with Gasteiger partial charge in [-0.3, -0.25) is 4.79 Å². The van der Waals surface area contributed by atoms with E-state index in [9.17, 15) is 4.79 Å². The largest absolute Gasteiger partial charge is 0.384 e. The molecule has 1 amide bonds. The molecule has 2 aliphatic rings. The molecule has 0 saturated carbocycles. The number of nitrogens with one attached hydrogen (secondary N) is 1. The summed E-state index contributed by atoms with van der Waals surface area (Å²) in [5.41, 5.74) is 2.84. The lowest BCUT2D eigenvalue weighted by molar-refractivity contribution is -0.134. The number of anilines is 1. The first-order chi connectivity index (χ1) is 10.2. The molecule has 1 fully saturated rings. The average molecular weight is 286 g/mol. The van der Waals surface area contributed by atoms with Crippen LogP contribution in [0.4, 0.5) is 5.69 Å². The van der Waals surface area contributed by atoms with Crippen LogP contribution < -0.4 is 5.32 Å². The van der Waals surface area contributed by atoms with Crippen LogP contribution in [0.25, 0.3) is 0 Å². The summed E-state index contributed by atoms with van der Waals surface area (Å²) in [7, 11) is 0. The van der Waals surface area contributed by atoms with Crippen molar-refractivity contribution in [1.29, 1.82) is 0 Å². The summed E-state index contributed by atoms with van der Waals surface area (Å²) in [5, 5.41) is 3.42. The molecule has 114 valence electrons. The number of amides is 1. The summed E-state index contributed by atoms with van der Waals surface area (Å²) in [6, 6.07) is 8.34. The highest BCUT2D eigenvalue weighted by Gasteiger charge is 2.39. The molecule has 1 unspecified atom stereocenters. The van der Waals surface area contributed by atoms with Crippen LogP contribution in [0.5, 0.6) is 0 Å². The van der Waals surface area contributed by atoms with Crippen LogP contribution in [-0.2, 0) is 11.2 Å². The molecule has 1 aromatic carbocycles. The number of fused-ring (bicyclic) bond motifs is 1. The van der Waals surface area contributed by atoms with Gasteiger partial charge in [-0.05, 0) is 42.7 Å². The molecule has 0 aliphatic carbocycles. The van der Waals surface area contributed by atoms with Crippen molar-refractivity contribution in [2.45, 2.75) is 39.5 Å². The van der Waals surface area contributed by atoms with Gasteiger partial charge in [0.05, 0.1) is 5.92 Å². The average Bonchev–Trinajstić information content (AvgIpc) is 2.99. The number of hydrogen-bond acceptors (Lipinski definition) is 2. The summed E-state index contributed by atoms with van der Waals surface area (Å²) in [6.07, 6.45) is 4.41. The lowest BCUT2D eigenvalue weighted by Gasteiger charge is -2.30. The van der Waals surface area contributed by atoms with Crippen molar-refractivity contribution in [3.8, 4) is 0 Å². The van der Waals surface area contributed by atoms with Gasteiger partial charge in [-0.25, -0.2) is 0 Å². The Labute approximate surface area is 127 Å². The molecule has 2 aliphatic heterocycles. The number of carbonyl (C=O) groups excluding carboxylic acids is 1. The molecule has 3 heteroatoms. The van der Waals surface area contributed by atoms with Gasteiger partial charge >= 0.3 is 0 Å². The molecular formula is C18H26N2O. The lowest BCUT2D eigenvalue weighted by Crippen LogP contribution is -2.41. The van der Waals surface area contributed by atoms with E-state index in [2.05, 4.69) is 42.3 Å². The third-order valence-electron chi connectivity index (χ3n) is 5.62. The van der Waals surface area contributed by atoms with Crippen LogP contribution in [0.2, 0.25) is 0 Å². The van der Waals surface area contributed by atoms with Crippen LogP contribution in [0, 0.1) is 11.3 Å². The Kier molecular flexibility index (Phi) is 3.92. The van der Waals surface area contributed by atoms with Crippen LogP contribution in [0.3, 0.4) is 0 Å². The van der Waals surface area contributed by atoms with E-state index in [1.165, 1.54) is 30.5 Å². The normalized spacial score (nSPS) is 23.5. The van der Waals surface area contributed by atoms with Gasteiger partial charge in [0.2, 0.25) is 5.91 Å². The van der Waals surface area contributed by atoms with Gasteiger partial charge in [0, 0.05) is 25.3 Å². The van der Waals surface area contributed by atoms with Crippen LogP contribution in [0.15, 0.2) is 24.3 Å². The maximum Gasteiger partial charge on any atom is 0.227 e. The van der Waals surface area contributed by atoms with E-state index < -0.39 is 0 Å². The van der Waals surface area contributed by atoms with Gasteiger partial charge in [0.1, 0.15) is 0 Å². The molecule has 3 rings (SSSR count). The van der Waals surface area contributed by atoms with Crippen LogP contribution in [0.1, 0.15) is 38.7 Å². The topological polar surface area (TPSA) is 32.3 Å². The maximum atomic E-state index is 12.8. The predicted octanol–water partition coefficient (Wildman–Crippen LogP) is 3.31. The van der Waals surface area contributed by atoms with E-state index >= 15 is 0 Å². The van der Waals surface area contributed by atoms with Crippen LogP contribution in [-0.4, -0.2) is 30.4 Å². The molecule has 0 bridgehead atoms. The van der Waals surface area contributed by atoms with E-state index in [1.54, 1.807) is 0 Å². The molecule has 21 heavy (non-hydrogen) atoms. The minimum Gasteiger partial charge on any atom is -0.384 e. The van der Waals surface area contributed by atoms with Crippen molar-refractivity contribution in [3.63, 3.8) is 0 Å². The van der Waals surface area contributed by atoms with E-state index in [0.717, 1.165) is 26.1 Å². The summed E-state index contributed by atoms with van der Waals surface area (Å²) in [4.78, 5) is 14.9. The highest BCUT2D eigenvalue weighted by molar-refractivity contribution is 5.81. The van der Waals surface area contributed by atoms with E-state index in [1.807, 2.05) is 6.07 Å². The Balaban J connectivity index is 1.68. The fourth-order valence-corrected chi connectivity index (χ4v) is 3.82. The van der Waals surface area contributed by atoms with Gasteiger partial charge in [0.25, 0.3) is 0 Å². The van der Waals surface area contributed by atoms with Gasteiger partial charge in [-0.1, -0.05) is 32.0 Å². The van der Waals surface area contributed by atoms with Crippen molar-refractivity contribution in [2.24, 2.45) is 11.3 Å². The molecule has 0 aromatic heterocycles. The fourth-order valence-electron chi connectivity index (χ4n) is 3.82. The quantitative estimate of drug-likeness (QED) is 0.924. The molecule has 1 atom stereocenters. The maximum absolute atomic E-state index is 12.8. The van der Waals surface area contributed by atoms with Gasteiger partial charge in [-0.2, -0.15) is 0 Å².